The molecule has 0 aromatic rings. The Morgan fingerprint density at radius 1 is 0.591 bits per heavy atom. The molecule has 0 aliphatic carbocycles. The standard InChI is InChI=1S/C6H12O5S.C5H12O5/c7-1-3(8)5(10)6(11)4(9)2-12;6-1-3(8)5(10)4(9)2-7/h2-11H,1H2;3-10H,1-2H2. The molecule has 0 fully saturated rings. The predicted octanol–water partition coefficient (Wildman–Crippen LogP) is -5.52. The van der Waals surface area contributed by atoms with E-state index in [1.54, 1.807) is 0 Å². The molecule has 0 saturated heterocycles. The fraction of sp³-hybridized carbons (Fsp3) is 0.909. The fourth-order valence-corrected chi connectivity index (χ4v) is 1.25. The average Bonchev–Trinajstić information content (AvgIpc) is 2.56. The molecule has 22 heavy (non-hydrogen) atoms. The van der Waals surface area contributed by atoms with Crippen molar-refractivity contribution in [3.63, 3.8) is 0 Å². The molecule has 0 heterocycles. The van der Waals surface area contributed by atoms with Crippen LogP contribution in [0.2, 0.25) is 0 Å². The second-order valence-electron chi connectivity index (χ2n) is 4.35. The van der Waals surface area contributed by atoms with Crippen molar-refractivity contribution in [2.45, 2.75) is 42.7 Å². The van der Waals surface area contributed by atoms with Gasteiger partial charge in [0.05, 0.1) is 19.8 Å². The zero-order chi connectivity index (χ0) is 17.9. The van der Waals surface area contributed by atoms with E-state index in [9.17, 15) is 0 Å². The summed E-state index contributed by atoms with van der Waals surface area (Å²) in [7, 11) is 0. The van der Waals surface area contributed by atoms with Crippen LogP contribution in [-0.2, 0) is 0 Å². The first-order valence-corrected chi connectivity index (χ1v) is 6.69. The summed E-state index contributed by atoms with van der Waals surface area (Å²) in [5, 5.41) is 87.5. The van der Waals surface area contributed by atoms with Crippen molar-refractivity contribution in [3.8, 4) is 0 Å². The molecular formula is C11H24O10S. The van der Waals surface area contributed by atoms with Crippen molar-refractivity contribution in [1.82, 2.24) is 0 Å². The SMILES string of the molecule is OCC(O)C(O)C(O)C(O)C=S.OCC(O)C(O)C(O)CO. The van der Waals surface area contributed by atoms with E-state index in [1.165, 1.54) is 0 Å². The minimum absolute atomic E-state index is 0.641. The monoisotopic (exact) mass is 348 g/mol. The highest BCUT2D eigenvalue weighted by atomic mass is 32.1. The molecule has 0 bridgehead atoms. The fourth-order valence-electron chi connectivity index (χ4n) is 1.09. The van der Waals surface area contributed by atoms with Gasteiger partial charge in [0.25, 0.3) is 0 Å². The van der Waals surface area contributed by atoms with Gasteiger partial charge in [-0.25, -0.2) is 0 Å². The van der Waals surface area contributed by atoms with E-state index >= 15 is 0 Å². The summed E-state index contributed by atoms with van der Waals surface area (Å²) in [6.45, 7) is -1.97. The number of hydrogen-bond donors (Lipinski definition) is 10. The van der Waals surface area contributed by atoms with Crippen molar-refractivity contribution in [1.29, 1.82) is 0 Å². The summed E-state index contributed by atoms with van der Waals surface area (Å²) in [6.07, 6.45) is -10.4. The van der Waals surface area contributed by atoms with Crippen LogP contribution in [0.25, 0.3) is 0 Å². The Balaban J connectivity index is 0. The Bertz CT molecular complexity index is 272. The highest BCUT2D eigenvalue weighted by Gasteiger charge is 2.28. The third-order valence-corrected chi connectivity index (χ3v) is 2.86. The molecule has 0 aromatic heterocycles. The number of hydrogen-bond acceptors (Lipinski definition) is 11. The molecule has 11 heteroatoms. The molecule has 0 aliphatic heterocycles. The second kappa shape index (κ2) is 13.2. The maximum absolute atomic E-state index is 9.02. The summed E-state index contributed by atoms with van der Waals surface area (Å²) in [5.41, 5.74) is 0. The number of rotatable bonds is 9. The Morgan fingerprint density at radius 2 is 0.909 bits per heavy atom. The first-order chi connectivity index (χ1) is 10.2. The smallest absolute Gasteiger partial charge is 0.113 e. The first kappa shape index (κ1) is 23.9. The van der Waals surface area contributed by atoms with Gasteiger partial charge in [0, 0.05) is 5.37 Å². The quantitative estimate of drug-likeness (QED) is 0.178. The summed E-state index contributed by atoms with van der Waals surface area (Å²) < 4.78 is 0. The molecule has 0 aliphatic rings. The van der Waals surface area contributed by atoms with Crippen LogP contribution in [0, 0.1) is 0 Å². The molecular weight excluding hydrogens is 324 g/mol. The van der Waals surface area contributed by atoms with Gasteiger partial charge < -0.3 is 51.1 Å². The zero-order valence-electron chi connectivity index (χ0n) is 11.6. The third-order valence-electron chi connectivity index (χ3n) is 2.58. The van der Waals surface area contributed by atoms with Crippen LogP contribution in [0.4, 0.5) is 0 Å². The van der Waals surface area contributed by atoms with Gasteiger partial charge in [-0.2, -0.15) is 0 Å². The first-order valence-electron chi connectivity index (χ1n) is 6.22. The molecule has 134 valence electrons. The van der Waals surface area contributed by atoms with Gasteiger partial charge in [0.1, 0.15) is 42.7 Å². The highest BCUT2D eigenvalue weighted by Crippen LogP contribution is 2.03. The molecule has 10 nitrogen and oxygen atoms in total. The Kier molecular flexibility index (Phi) is 14.3. The van der Waals surface area contributed by atoms with Crippen LogP contribution in [0.15, 0.2) is 0 Å². The molecule has 0 radical (unpaired) electrons. The number of aliphatic hydroxyl groups excluding tert-OH is 10. The Hall–Kier alpha value is -0.310. The molecule has 0 rings (SSSR count). The average molecular weight is 348 g/mol. The summed E-state index contributed by atoms with van der Waals surface area (Å²) in [6, 6.07) is 0. The summed E-state index contributed by atoms with van der Waals surface area (Å²) in [5.74, 6) is 0. The van der Waals surface area contributed by atoms with Gasteiger partial charge in [0.15, 0.2) is 0 Å². The molecule has 10 N–H and O–H groups in total. The molecule has 0 spiro atoms. The van der Waals surface area contributed by atoms with Crippen molar-refractivity contribution >= 4 is 17.6 Å². The molecule has 6 atom stereocenters. The summed E-state index contributed by atoms with van der Waals surface area (Å²) >= 11 is 4.30. The van der Waals surface area contributed by atoms with Crippen LogP contribution in [0.5, 0.6) is 0 Å². The topological polar surface area (TPSA) is 202 Å². The van der Waals surface area contributed by atoms with Gasteiger partial charge >= 0.3 is 0 Å². The third kappa shape index (κ3) is 8.97. The maximum atomic E-state index is 9.02. The van der Waals surface area contributed by atoms with Gasteiger partial charge in [-0.05, 0) is 0 Å². The highest BCUT2D eigenvalue weighted by molar-refractivity contribution is 7.79. The van der Waals surface area contributed by atoms with Crippen LogP contribution >= 0.6 is 12.2 Å². The minimum atomic E-state index is -1.61. The molecule has 0 saturated carbocycles. The lowest BCUT2D eigenvalue weighted by Gasteiger charge is -2.23. The van der Waals surface area contributed by atoms with Crippen molar-refractivity contribution in [2.24, 2.45) is 0 Å². The van der Waals surface area contributed by atoms with Crippen molar-refractivity contribution < 1.29 is 51.1 Å². The molecule has 0 aromatic carbocycles. The number of aliphatic hydroxyl groups is 10. The van der Waals surface area contributed by atoms with E-state index in [1.807, 2.05) is 0 Å². The van der Waals surface area contributed by atoms with E-state index < -0.39 is 62.5 Å². The lowest BCUT2D eigenvalue weighted by molar-refractivity contribution is -0.0996. The van der Waals surface area contributed by atoms with Gasteiger partial charge in [-0.3, -0.25) is 0 Å². The van der Waals surface area contributed by atoms with Gasteiger partial charge in [-0.1, -0.05) is 12.2 Å². The Morgan fingerprint density at radius 3 is 1.18 bits per heavy atom. The number of thiocarbonyl (C=S) groups is 1. The second-order valence-corrected chi connectivity index (χ2v) is 4.62. The Labute approximate surface area is 132 Å². The zero-order valence-corrected chi connectivity index (χ0v) is 12.4. The lowest BCUT2D eigenvalue weighted by atomic mass is 10.0. The van der Waals surface area contributed by atoms with Gasteiger partial charge in [-0.15, -0.1) is 0 Å². The van der Waals surface area contributed by atoms with Crippen LogP contribution in [0.1, 0.15) is 0 Å². The van der Waals surface area contributed by atoms with Crippen LogP contribution in [-0.4, -0.2) is 119 Å². The van der Waals surface area contributed by atoms with E-state index in [4.69, 9.17) is 51.1 Å². The van der Waals surface area contributed by atoms with Crippen molar-refractivity contribution in [3.05, 3.63) is 0 Å². The summed E-state index contributed by atoms with van der Waals surface area (Å²) in [4.78, 5) is 0. The lowest BCUT2D eigenvalue weighted by Crippen LogP contribution is -2.46. The van der Waals surface area contributed by atoms with E-state index in [0.29, 0.717) is 0 Å². The maximum Gasteiger partial charge on any atom is 0.113 e. The van der Waals surface area contributed by atoms with Crippen molar-refractivity contribution in [2.75, 3.05) is 19.8 Å². The minimum Gasteiger partial charge on any atom is -0.394 e. The van der Waals surface area contributed by atoms with Crippen LogP contribution < -0.4 is 0 Å². The van der Waals surface area contributed by atoms with Crippen LogP contribution in [0.3, 0.4) is 0 Å². The van der Waals surface area contributed by atoms with E-state index in [-0.39, 0.29) is 0 Å². The van der Waals surface area contributed by atoms with E-state index in [0.717, 1.165) is 5.37 Å². The van der Waals surface area contributed by atoms with E-state index in [2.05, 4.69) is 12.2 Å². The van der Waals surface area contributed by atoms with Gasteiger partial charge in [0.2, 0.25) is 0 Å². The predicted molar refractivity (Wildman–Crippen MR) is 77.0 cm³/mol. The molecule has 0 amide bonds. The molecule has 6 unspecified atom stereocenters. The largest absolute Gasteiger partial charge is 0.394 e. The normalized spacial score (nSPS) is 20.6.